The molecule has 1 rings (SSSR count). The summed E-state index contributed by atoms with van der Waals surface area (Å²) in [5.41, 5.74) is 5.38. The lowest BCUT2D eigenvalue weighted by Gasteiger charge is -2.25. The van der Waals surface area contributed by atoms with E-state index in [1.165, 1.54) is 4.31 Å². The van der Waals surface area contributed by atoms with Gasteiger partial charge >= 0.3 is 0 Å². The average molecular weight is 285 g/mol. The van der Waals surface area contributed by atoms with E-state index in [-0.39, 0.29) is 29.7 Å². The van der Waals surface area contributed by atoms with Crippen molar-refractivity contribution in [3.05, 3.63) is 30.3 Å². The summed E-state index contributed by atoms with van der Waals surface area (Å²) in [4.78, 5) is 0.239. The molecule has 0 aliphatic heterocycles. The fraction of sp³-hybridized carbons (Fsp3) is 0.417. The molecule has 0 atom stereocenters. The third kappa shape index (κ3) is 3.93. The lowest BCUT2D eigenvalue weighted by Crippen LogP contribution is -2.39. The van der Waals surface area contributed by atoms with Gasteiger partial charge in [-0.1, -0.05) is 23.4 Å². The molecule has 0 aliphatic rings. The summed E-state index contributed by atoms with van der Waals surface area (Å²) in [6, 6.07) is 8.00. The number of nitrogens with zero attached hydrogens (tertiary/aromatic N) is 2. The van der Waals surface area contributed by atoms with E-state index in [0.29, 0.717) is 0 Å². The summed E-state index contributed by atoms with van der Waals surface area (Å²) < 4.78 is 26.2. The summed E-state index contributed by atoms with van der Waals surface area (Å²) in [7, 11) is -3.56. The Labute approximate surface area is 113 Å². The van der Waals surface area contributed by atoms with Crippen molar-refractivity contribution >= 4 is 15.9 Å². The van der Waals surface area contributed by atoms with E-state index in [0.717, 1.165) is 0 Å². The highest BCUT2D eigenvalue weighted by atomic mass is 32.2. The van der Waals surface area contributed by atoms with Gasteiger partial charge in [0.25, 0.3) is 0 Å². The zero-order valence-electron chi connectivity index (χ0n) is 11.0. The summed E-state index contributed by atoms with van der Waals surface area (Å²) in [6.07, 6.45) is 0.181. The highest BCUT2D eigenvalue weighted by Gasteiger charge is 2.26. The Morgan fingerprint density at radius 3 is 2.42 bits per heavy atom. The molecule has 3 N–H and O–H groups in total. The van der Waals surface area contributed by atoms with Gasteiger partial charge in [0.15, 0.2) is 0 Å². The largest absolute Gasteiger partial charge is 0.409 e. The van der Waals surface area contributed by atoms with Gasteiger partial charge in [-0.25, -0.2) is 8.42 Å². The highest BCUT2D eigenvalue weighted by Crippen LogP contribution is 2.18. The van der Waals surface area contributed by atoms with Crippen molar-refractivity contribution in [1.82, 2.24) is 4.31 Å². The Kier molecular flexibility index (Phi) is 5.31. The molecular weight excluding hydrogens is 266 g/mol. The van der Waals surface area contributed by atoms with Crippen molar-refractivity contribution in [3.63, 3.8) is 0 Å². The minimum Gasteiger partial charge on any atom is -0.409 e. The second kappa shape index (κ2) is 6.53. The Hall–Kier alpha value is -1.60. The number of sulfonamides is 1. The Bertz CT molecular complexity index is 526. The zero-order chi connectivity index (χ0) is 14.5. The van der Waals surface area contributed by atoms with Gasteiger partial charge in [0, 0.05) is 19.0 Å². The van der Waals surface area contributed by atoms with E-state index < -0.39 is 10.0 Å². The molecule has 0 fully saturated rings. The molecule has 0 radical (unpaired) electrons. The quantitative estimate of drug-likeness (QED) is 0.355. The van der Waals surface area contributed by atoms with E-state index in [1.54, 1.807) is 44.2 Å². The van der Waals surface area contributed by atoms with Gasteiger partial charge in [0.1, 0.15) is 5.84 Å². The van der Waals surface area contributed by atoms with Gasteiger partial charge in [-0.2, -0.15) is 4.31 Å². The van der Waals surface area contributed by atoms with E-state index >= 15 is 0 Å². The minimum absolute atomic E-state index is 0.00825. The first-order chi connectivity index (χ1) is 8.89. The second-order valence-corrected chi connectivity index (χ2v) is 6.25. The first kappa shape index (κ1) is 15.5. The molecule has 0 amide bonds. The number of rotatable bonds is 6. The van der Waals surface area contributed by atoms with Crippen LogP contribution in [0.15, 0.2) is 40.4 Å². The number of oxime groups is 1. The molecule has 6 nitrogen and oxygen atoms in total. The SMILES string of the molecule is CC(C)N(CCC(N)=NO)S(=O)(=O)c1ccccc1. The van der Waals surface area contributed by atoms with E-state index in [1.807, 2.05) is 0 Å². The first-order valence-corrected chi connectivity index (χ1v) is 7.37. The third-order valence-corrected chi connectivity index (χ3v) is 4.73. The van der Waals surface area contributed by atoms with Gasteiger partial charge in [-0.3, -0.25) is 0 Å². The van der Waals surface area contributed by atoms with Crippen LogP contribution in [0.5, 0.6) is 0 Å². The molecule has 1 aromatic rings. The monoisotopic (exact) mass is 285 g/mol. The number of nitrogens with two attached hydrogens (primary N) is 1. The van der Waals surface area contributed by atoms with Crippen LogP contribution in [0.25, 0.3) is 0 Å². The molecule has 0 aliphatic carbocycles. The molecule has 0 aromatic heterocycles. The molecular formula is C12H19N3O3S. The minimum atomic E-state index is -3.56. The van der Waals surface area contributed by atoms with E-state index in [2.05, 4.69) is 5.16 Å². The molecule has 0 spiro atoms. The summed E-state index contributed by atoms with van der Waals surface area (Å²) in [6.45, 7) is 3.74. The van der Waals surface area contributed by atoms with Crippen LogP contribution in [0.3, 0.4) is 0 Å². The Morgan fingerprint density at radius 1 is 1.37 bits per heavy atom. The highest BCUT2D eigenvalue weighted by molar-refractivity contribution is 7.89. The molecule has 7 heteroatoms. The molecule has 0 saturated carbocycles. The lowest BCUT2D eigenvalue weighted by atomic mass is 10.3. The summed E-state index contributed by atoms with van der Waals surface area (Å²) in [5, 5.41) is 11.3. The van der Waals surface area contributed by atoms with Crippen molar-refractivity contribution in [2.24, 2.45) is 10.9 Å². The fourth-order valence-electron chi connectivity index (χ4n) is 1.66. The van der Waals surface area contributed by atoms with Crippen LogP contribution in [-0.4, -0.2) is 36.4 Å². The third-order valence-electron chi connectivity index (χ3n) is 2.64. The number of amidine groups is 1. The maximum Gasteiger partial charge on any atom is 0.243 e. The molecule has 106 valence electrons. The van der Waals surface area contributed by atoms with Crippen molar-refractivity contribution < 1.29 is 13.6 Å². The summed E-state index contributed by atoms with van der Waals surface area (Å²) in [5.74, 6) is 0.00825. The summed E-state index contributed by atoms with van der Waals surface area (Å²) >= 11 is 0. The fourth-order valence-corrected chi connectivity index (χ4v) is 3.32. The molecule has 0 heterocycles. The number of hydrogen-bond acceptors (Lipinski definition) is 4. The van der Waals surface area contributed by atoms with Crippen LogP contribution in [0.2, 0.25) is 0 Å². The maximum absolute atomic E-state index is 12.5. The standard InChI is InChI=1S/C12H19N3O3S/c1-10(2)15(9-8-12(13)14-16)19(17,18)11-6-4-3-5-7-11/h3-7,10,16H,8-9H2,1-2H3,(H2,13,14). The van der Waals surface area contributed by atoms with Crippen LogP contribution in [0, 0.1) is 0 Å². The average Bonchev–Trinajstić information content (AvgIpc) is 2.39. The Balaban J connectivity index is 2.99. The van der Waals surface area contributed by atoms with Crippen LogP contribution in [-0.2, 0) is 10.0 Å². The molecule has 0 unspecified atom stereocenters. The second-order valence-electron chi connectivity index (χ2n) is 4.36. The topological polar surface area (TPSA) is 96.0 Å². The predicted octanol–water partition coefficient (Wildman–Crippen LogP) is 1.22. The number of hydrogen-bond donors (Lipinski definition) is 2. The lowest BCUT2D eigenvalue weighted by molar-refractivity contribution is 0.313. The van der Waals surface area contributed by atoms with Gasteiger partial charge in [0.2, 0.25) is 10.0 Å². The Morgan fingerprint density at radius 2 is 1.95 bits per heavy atom. The van der Waals surface area contributed by atoms with Crippen LogP contribution >= 0.6 is 0 Å². The molecule has 0 saturated heterocycles. The van der Waals surface area contributed by atoms with Gasteiger partial charge in [0.05, 0.1) is 4.90 Å². The molecule has 19 heavy (non-hydrogen) atoms. The smallest absolute Gasteiger partial charge is 0.243 e. The van der Waals surface area contributed by atoms with Gasteiger partial charge in [-0.05, 0) is 26.0 Å². The van der Waals surface area contributed by atoms with Crippen LogP contribution in [0.4, 0.5) is 0 Å². The first-order valence-electron chi connectivity index (χ1n) is 5.93. The van der Waals surface area contributed by atoms with Crippen LogP contribution in [0.1, 0.15) is 20.3 Å². The van der Waals surface area contributed by atoms with E-state index in [9.17, 15) is 8.42 Å². The molecule has 0 bridgehead atoms. The zero-order valence-corrected chi connectivity index (χ0v) is 11.8. The van der Waals surface area contributed by atoms with Crippen molar-refractivity contribution in [2.75, 3.05) is 6.54 Å². The number of benzene rings is 1. The van der Waals surface area contributed by atoms with Crippen LogP contribution < -0.4 is 5.73 Å². The maximum atomic E-state index is 12.5. The predicted molar refractivity (Wildman–Crippen MR) is 73.5 cm³/mol. The van der Waals surface area contributed by atoms with Crippen molar-refractivity contribution in [3.8, 4) is 0 Å². The molecule has 1 aromatic carbocycles. The van der Waals surface area contributed by atoms with Gasteiger partial charge < -0.3 is 10.9 Å². The van der Waals surface area contributed by atoms with E-state index in [4.69, 9.17) is 10.9 Å². The normalized spacial score (nSPS) is 13.2. The van der Waals surface area contributed by atoms with Gasteiger partial charge in [-0.15, -0.1) is 0 Å². The van der Waals surface area contributed by atoms with Crippen molar-refractivity contribution in [2.45, 2.75) is 31.2 Å². The van der Waals surface area contributed by atoms with Crippen molar-refractivity contribution in [1.29, 1.82) is 0 Å².